The Kier molecular flexibility index (Phi) is 5.63. The van der Waals surface area contributed by atoms with Crippen LogP contribution in [0.1, 0.15) is 39.5 Å². The number of amides is 1. The number of nitrogens with one attached hydrogen (secondary N) is 2. The van der Waals surface area contributed by atoms with Gasteiger partial charge in [0, 0.05) is 18.1 Å². The van der Waals surface area contributed by atoms with Gasteiger partial charge in [-0.3, -0.25) is 9.69 Å². The van der Waals surface area contributed by atoms with Crippen molar-refractivity contribution in [3.63, 3.8) is 0 Å². The molecule has 0 bridgehead atoms. The molecule has 1 amide bonds. The van der Waals surface area contributed by atoms with E-state index >= 15 is 0 Å². The average Bonchev–Trinajstić information content (AvgIpc) is 2.95. The second kappa shape index (κ2) is 7.07. The standard InChI is InChI=1S/C16H32N4O/c1-16(2,19(3)4)12-18-15(21)14-6-5-11-20(14)13-7-9-17-10-8-13/h13-14,17H,5-12H2,1-4H3,(H,18,21). The predicted molar refractivity (Wildman–Crippen MR) is 86.4 cm³/mol. The van der Waals surface area contributed by atoms with Crippen molar-refractivity contribution in [1.29, 1.82) is 0 Å². The van der Waals surface area contributed by atoms with Crippen LogP contribution in [-0.4, -0.2) is 73.6 Å². The van der Waals surface area contributed by atoms with E-state index in [2.05, 4.69) is 48.4 Å². The fraction of sp³-hybridized carbons (Fsp3) is 0.938. The number of likely N-dealkylation sites (N-methyl/N-ethyl adjacent to an activating group) is 1. The maximum Gasteiger partial charge on any atom is 0.237 e. The molecule has 2 saturated heterocycles. The summed E-state index contributed by atoms with van der Waals surface area (Å²) in [7, 11) is 4.12. The van der Waals surface area contributed by atoms with Crippen LogP contribution in [0.4, 0.5) is 0 Å². The third kappa shape index (κ3) is 4.18. The van der Waals surface area contributed by atoms with Crippen LogP contribution in [0.15, 0.2) is 0 Å². The molecule has 0 saturated carbocycles. The van der Waals surface area contributed by atoms with Gasteiger partial charge in [-0.1, -0.05) is 0 Å². The molecule has 0 aliphatic carbocycles. The molecular weight excluding hydrogens is 264 g/mol. The normalized spacial score (nSPS) is 25.5. The van der Waals surface area contributed by atoms with Crippen LogP contribution in [0.2, 0.25) is 0 Å². The number of hydrogen-bond acceptors (Lipinski definition) is 4. The Bertz CT molecular complexity index is 350. The molecule has 122 valence electrons. The molecule has 0 radical (unpaired) electrons. The van der Waals surface area contributed by atoms with Gasteiger partial charge in [-0.05, 0) is 73.3 Å². The summed E-state index contributed by atoms with van der Waals surface area (Å²) in [5.74, 6) is 0.223. The van der Waals surface area contributed by atoms with Gasteiger partial charge in [-0.15, -0.1) is 0 Å². The van der Waals surface area contributed by atoms with E-state index in [1.807, 2.05) is 0 Å². The van der Waals surface area contributed by atoms with Crippen molar-refractivity contribution in [1.82, 2.24) is 20.4 Å². The molecule has 5 nitrogen and oxygen atoms in total. The lowest BCUT2D eigenvalue weighted by atomic mass is 10.0. The molecule has 5 heteroatoms. The fourth-order valence-electron chi connectivity index (χ4n) is 3.23. The summed E-state index contributed by atoms with van der Waals surface area (Å²) in [4.78, 5) is 17.2. The van der Waals surface area contributed by atoms with Gasteiger partial charge < -0.3 is 15.5 Å². The maximum absolute atomic E-state index is 12.6. The lowest BCUT2D eigenvalue weighted by Crippen LogP contribution is -2.54. The number of nitrogens with zero attached hydrogens (tertiary/aromatic N) is 2. The van der Waals surface area contributed by atoms with Gasteiger partial charge in [0.2, 0.25) is 5.91 Å². The Labute approximate surface area is 129 Å². The van der Waals surface area contributed by atoms with E-state index in [9.17, 15) is 4.79 Å². The third-order valence-electron chi connectivity index (χ3n) is 5.28. The highest BCUT2D eigenvalue weighted by molar-refractivity contribution is 5.82. The molecule has 1 atom stereocenters. The molecule has 2 fully saturated rings. The molecule has 2 N–H and O–H groups in total. The number of hydrogen-bond donors (Lipinski definition) is 2. The molecule has 21 heavy (non-hydrogen) atoms. The molecule has 2 heterocycles. The van der Waals surface area contributed by atoms with Crippen molar-refractivity contribution in [2.24, 2.45) is 0 Å². The molecule has 1 unspecified atom stereocenters. The SMILES string of the molecule is CN(C)C(C)(C)CNC(=O)C1CCCN1C1CCNCC1. The van der Waals surface area contributed by atoms with E-state index in [0.717, 1.165) is 32.5 Å². The monoisotopic (exact) mass is 296 g/mol. The second-order valence-corrected chi connectivity index (χ2v) is 7.30. The van der Waals surface area contributed by atoms with Gasteiger partial charge in [-0.25, -0.2) is 0 Å². The molecular formula is C16H32N4O. The van der Waals surface area contributed by atoms with E-state index in [-0.39, 0.29) is 17.5 Å². The topological polar surface area (TPSA) is 47.6 Å². The van der Waals surface area contributed by atoms with E-state index in [4.69, 9.17) is 0 Å². The Morgan fingerprint density at radius 3 is 2.57 bits per heavy atom. The highest BCUT2D eigenvalue weighted by Crippen LogP contribution is 2.24. The second-order valence-electron chi connectivity index (χ2n) is 7.30. The molecule has 2 aliphatic rings. The molecule has 0 aromatic heterocycles. The molecule has 0 spiro atoms. The van der Waals surface area contributed by atoms with E-state index in [1.54, 1.807) is 0 Å². The minimum atomic E-state index is -0.00610. The van der Waals surface area contributed by atoms with Gasteiger partial charge in [0.05, 0.1) is 6.04 Å². The van der Waals surface area contributed by atoms with Crippen molar-refractivity contribution < 1.29 is 4.79 Å². The quantitative estimate of drug-likeness (QED) is 0.782. The highest BCUT2D eigenvalue weighted by atomic mass is 16.2. The van der Waals surface area contributed by atoms with E-state index in [1.165, 1.54) is 12.8 Å². The summed E-state index contributed by atoms with van der Waals surface area (Å²) >= 11 is 0. The summed E-state index contributed by atoms with van der Waals surface area (Å²) in [6.07, 6.45) is 4.51. The van der Waals surface area contributed by atoms with Gasteiger partial charge in [0.1, 0.15) is 0 Å². The first kappa shape index (κ1) is 16.7. The first-order chi connectivity index (χ1) is 9.92. The molecule has 0 aromatic carbocycles. The van der Waals surface area contributed by atoms with E-state index < -0.39 is 0 Å². The lowest BCUT2D eigenvalue weighted by Gasteiger charge is -2.36. The zero-order valence-corrected chi connectivity index (χ0v) is 14.1. The zero-order chi connectivity index (χ0) is 15.5. The number of rotatable bonds is 5. The van der Waals surface area contributed by atoms with Crippen LogP contribution < -0.4 is 10.6 Å². The number of likely N-dealkylation sites (tertiary alicyclic amines) is 1. The smallest absolute Gasteiger partial charge is 0.237 e. The van der Waals surface area contributed by atoms with Gasteiger partial charge in [-0.2, -0.15) is 0 Å². The predicted octanol–water partition coefficient (Wildman–Crippen LogP) is 0.659. The Morgan fingerprint density at radius 1 is 1.29 bits per heavy atom. The van der Waals surface area contributed by atoms with Gasteiger partial charge in [0.15, 0.2) is 0 Å². The van der Waals surface area contributed by atoms with Crippen LogP contribution in [0, 0.1) is 0 Å². The third-order valence-corrected chi connectivity index (χ3v) is 5.28. The Morgan fingerprint density at radius 2 is 1.95 bits per heavy atom. The Hall–Kier alpha value is -0.650. The summed E-state index contributed by atoms with van der Waals surface area (Å²) < 4.78 is 0. The van der Waals surface area contributed by atoms with Crippen LogP contribution in [-0.2, 0) is 4.79 Å². The number of piperidine rings is 1. The van der Waals surface area contributed by atoms with Gasteiger partial charge >= 0.3 is 0 Å². The average molecular weight is 296 g/mol. The minimum absolute atomic E-state index is 0.00610. The zero-order valence-electron chi connectivity index (χ0n) is 14.1. The van der Waals surface area contributed by atoms with Crippen molar-refractivity contribution in [2.75, 3.05) is 40.3 Å². The Balaban J connectivity index is 1.88. The van der Waals surface area contributed by atoms with Crippen molar-refractivity contribution in [3.05, 3.63) is 0 Å². The minimum Gasteiger partial charge on any atom is -0.353 e. The fourth-order valence-corrected chi connectivity index (χ4v) is 3.23. The number of carbonyl (C=O) groups is 1. The van der Waals surface area contributed by atoms with Crippen LogP contribution in [0.5, 0.6) is 0 Å². The van der Waals surface area contributed by atoms with Crippen LogP contribution in [0.3, 0.4) is 0 Å². The summed E-state index contributed by atoms with van der Waals surface area (Å²) in [6, 6.07) is 0.678. The maximum atomic E-state index is 12.6. The van der Waals surface area contributed by atoms with Crippen LogP contribution in [0.25, 0.3) is 0 Å². The van der Waals surface area contributed by atoms with Crippen molar-refractivity contribution in [3.8, 4) is 0 Å². The summed E-state index contributed by atoms with van der Waals surface area (Å²) in [6.45, 7) is 8.28. The molecule has 0 aromatic rings. The number of carbonyl (C=O) groups excluding carboxylic acids is 1. The van der Waals surface area contributed by atoms with Crippen molar-refractivity contribution in [2.45, 2.75) is 57.2 Å². The van der Waals surface area contributed by atoms with Crippen LogP contribution >= 0.6 is 0 Å². The lowest BCUT2D eigenvalue weighted by molar-refractivity contribution is -0.126. The largest absolute Gasteiger partial charge is 0.353 e. The molecule has 2 aliphatic heterocycles. The first-order valence-electron chi connectivity index (χ1n) is 8.33. The first-order valence-corrected chi connectivity index (χ1v) is 8.33. The van der Waals surface area contributed by atoms with E-state index in [0.29, 0.717) is 12.6 Å². The summed E-state index contributed by atoms with van der Waals surface area (Å²) in [5.41, 5.74) is -0.00610. The van der Waals surface area contributed by atoms with Crippen molar-refractivity contribution >= 4 is 5.91 Å². The highest BCUT2D eigenvalue weighted by Gasteiger charge is 2.36. The molecule has 2 rings (SSSR count). The summed E-state index contributed by atoms with van der Waals surface area (Å²) in [5, 5.41) is 6.58. The van der Waals surface area contributed by atoms with Gasteiger partial charge in [0.25, 0.3) is 0 Å².